The fourth-order valence-electron chi connectivity index (χ4n) is 1.56. The molecule has 0 aliphatic heterocycles. The highest BCUT2D eigenvalue weighted by molar-refractivity contribution is 6.33. The van der Waals surface area contributed by atoms with Crippen molar-refractivity contribution in [2.75, 3.05) is 0 Å². The van der Waals surface area contributed by atoms with E-state index in [4.69, 9.17) is 16.7 Å². The molecule has 0 heterocycles. The van der Waals surface area contributed by atoms with Crippen molar-refractivity contribution < 1.29 is 15.0 Å². The zero-order chi connectivity index (χ0) is 12.4. The topological polar surface area (TPSA) is 60.4 Å². The molecule has 2 rings (SSSR count). The molecule has 0 aliphatic carbocycles. The third-order valence-electron chi connectivity index (χ3n) is 2.40. The molecule has 0 amide bonds. The lowest BCUT2D eigenvalue weighted by Gasteiger charge is -2.13. The number of benzene rings is 2. The van der Waals surface area contributed by atoms with Gasteiger partial charge in [-0.15, -0.1) is 5.75 Å². The van der Waals surface area contributed by atoms with Crippen molar-refractivity contribution in [3.8, 4) is 16.9 Å². The van der Waals surface area contributed by atoms with Crippen molar-refractivity contribution in [2.45, 2.75) is 0 Å². The molecule has 3 nitrogen and oxygen atoms in total. The van der Waals surface area contributed by atoms with Gasteiger partial charge in [-0.2, -0.15) is 0 Å². The Balaban J connectivity index is 2.52. The van der Waals surface area contributed by atoms with E-state index in [0.29, 0.717) is 11.1 Å². The Hall–Kier alpha value is -2.00. The van der Waals surface area contributed by atoms with E-state index in [0.717, 1.165) is 0 Å². The zero-order valence-corrected chi connectivity index (χ0v) is 9.44. The van der Waals surface area contributed by atoms with Crippen LogP contribution in [0.25, 0.3) is 11.1 Å². The highest BCUT2D eigenvalue weighted by atomic mass is 35.5. The van der Waals surface area contributed by atoms with Gasteiger partial charge >= 0.3 is 5.97 Å². The molecule has 0 atom stereocenters. The standard InChI is InChI=1S/C13H9ClO3/c14-11-7-8(5-6-10(11)13(16)17)9-3-1-2-4-12(9)15/h1-7,15H,(H,16,17)/p-1. The van der Waals surface area contributed by atoms with E-state index in [9.17, 15) is 9.90 Å². The first kappa shape index (κ1) is 11.5. The summed E-state index contributed by atoms with van der Waals surface area (Å²) < 4.78 is 0. The van der Waals surface area contributed by atoms with E-state index >= 15 is 0 Å². The van der Waals surface area contributed by atoms with Crippen LogP contribution in [-0.2, 0) is 0 Å². The highest BCUT2D eigenvalue weighted by Gasteiger charge is 2.09. The number of carboxylic acid groups (broad SMARTS) is 1. The van der Waals surface area contributed by atoms with Crippen LogP contribution in [0.4, 0.5) is 0 Å². The molecule has 0 unspecified atom stereocenters. The van der Waals surface area contributed by atoms with Crippen molar-refractivity contribution in [1.82, 2.24) is 0 Å². The van der Waals surface area contributed by atoms with Crippen molar-refractivity contribution in [3.05, 3.63) is 53.1 Å². The van der Waals surface area contributed by atoms with Gasteiger partial charge in [-0.25, -0.2) is 4.79 Å². The van der Waals surface area contributed by atoms with Gasteiger partial charge in [0, 0.05) is 0 Å². The molecule has 0 saturated heterocycles. The molecule has 4 heteroatoms. The first-order chi connectivity index (χ1) is 8.09. The van der Waals surface area contributed by atoms with E-state index in [-0.39, 0.29) is 16.3 Å². The molecule has 2 aromatic rings. The van der Waals surface area contributed by atoms with Gasteiger partial charge in [0.2, 0.25) is 0 Å². The van der Waals surface area contributed by atoms with Crippen LogP contribution in [-0.4, -0.2) is 11.1 Å². The summed E-state index contributed by atoms with van der Waals surface area (Å²) in [6, 6.07) is 11.0. The molecule has 0 radical (unpaired) electrons. The van der Waals surface area contributed by atoms with Gasteiger partial charge in [-0.1, -0.05) is 41.9 Å². The Labute approximate surface area is 103 Å². The number of hydrogen-bond donors (Lipinski definition) is 1. The molecule has 0 bridgehead atoms. The van der Waals surface area contributed by atoms with Gasteiger partial charge in [0.15, 0.2) is 0 Å². The highest BCUT2D eigenvalue weighted by Crippen LogP contribution is 2.30. The summed E-state index contributed by atoms with van der Waals surface area (Å²) in [5, 5.41) is 20.5. The fourth-order valence-corrected chi connectivity index (χ4v) is 1.82. The summed E-state index contributed by atoms with van der Waals surface area (Å²) in [4.78, 5) is 10.8. The number of halogens is 1. The molecule has 1 N–H and O–H groups in total. The average Bonchev–Trinajstić information content (AvgIpc) is 2.29. The first-order valence-corrected chi connectivity index (χ1v) is 5.26. The summed E-state index contributed by atoms with van der Waals surface area (Å²) in [6.45, 7) is 0. The van der Waals surface area contributed by atoms with Crippen molar-refractivity contribution in [1.29, 1.82) is 0 Å². The summed E-state index contributed by atoms with van der Waals surface area (Å²) in [6.07, 6.45) is 0. The van der Waals surface area contributed by atoms with Crippen molar-refractivity contribution in [3.63, 3.8) is 0 Å². The molecule has 0 aliphatic rings. The smallest absolute Gasteiger partial charge is 0.337 e. The Kier molecular flexibility index (Phi) is 3.02. The maximum absolute atomic E-state index is 11.6. The largest absolute Gasteiger partial charge is 0.872 e. The van der Waals surface area contributed by atoms with Crippen LogP contribution < -0.4 is 5.11 Å². The molecular weight excluding hydrogens is 240 g/mol. The molecular formula is C13H8ClO3-. The molecule has 0 spiro atoms. The third kappa shape index (κ3) is 2.24. The molecule has 86 valence electrons. The van der Waals surface area contributed by atoms with Crippen LogP contribution in [0.2, 0.25) is 5.02 Å². The zero-order valence-electron chi connectivity index (χ0n) is 8.68. The predicted octanol–water partition coefficient (Wildman–Crippen LogP) is 2.78. The summed E-state index contributed by atoms with van der Waals surface area (Å²) in [5.74, 6) is -1.20. The molecule has 0 aromatic heterocycles. The molecule has 17 heavy (non-hydrogen) atoms. The normalized spacial score (nSPS) is 10.2. The molecule has 0 fully saturated rings. The maximum Gasteiger partial charge on any atom is 0.337 e. The van der Waals surface area contributed by atoms with Gasteiger partial charge in [0.25, 0.3) is 0 Å². The summed E-state index contributed by atoms with van der Waals surface area (Å²) in [7, 11) is 0. The van der Waals surface area contributed by atoms with E-state index in [1.165, 1.54) is 18.2 Å². The van der Waals surface area contributed by atoms with Gasteiger partial charge < -0.3 is 10.2 Å². The third-order valence-corrected chi connectivity index (χ3v) is 2.71. The molecule has 2 aromatic carbocycles. The second-order valence-corrected chi connectivity index (χ2v) is 3.90. The minimum Gasteiger partial charge on any atom is -0.872 e. The summed E-state index contributed by atoms with van der Waals surface area (Å²) >= 11 is 5.84. The van der Waals surface area contributed by atoms with Crippen LogP contribution >= 0.6 is 11.6 Å². The predicted molar refractivity (Wildman–Crippen MR) is 63.3 cm³/mol. The van der Waals surface area contributed by atoms with Crippen LogP contribution in [0.5, 0.6) is 5.75 Å². The van der Waals surface area contributed by atoms with E-state index in [1.807, 2.05) is 0 Å². The van der Waals surface area contributed by atoms with Crippen LogP contribution in [0, 0.1) is 0 Å². The lowest BCUT2D eigenvalue weighted by molar-refractivity contribution is -0.267. The van der Waals surface area contributed by atoms with E-state index < -0.39 is 5.97 Å². The van der Waals surface area contributed by atoms with Crippen LogP contribution in [0.15, 0.2) is 42.5 Å². The second-order valence-electron chi connectivity index (χ2n) is 3.50. The Morgan fingerprint density at radius 2 is 1.88 bits per heavy atom. The maximum atomic E-state index is 11.6. The second kappa shape index (κ2) is 4.47. The number of hydrogen-bond acceptors (Lipinski definition) is 2. The minimum atomic E-state index is -1.09. The summed E-state index contributed by atoms with van der Waals surface area (Å²) in [5.41, 5.74) is 1.15. The SMILES string of the molecule is O=C(O)c1ccc(-c2ccccc2[O-])cc1Cl. The van der Waals surface area contributed by atoms with Gasteiger partial charge in [-0.05, 0) is 23.3 Å². The van der Waals surface area contributed by atoms with E-state index in [1.54, 1.807) is 24.3 Å². The van der Waals surface area contributed by atoms with Crippen molar-refractivity contribution >= 4 is 17.6 Å². The molecule has 0 saturated carbocycles. The number of carboxylic acids is 1. The van der Waals surface area contributed by atoms with Crippen LogP contribution in [0.3, 0.4) is 0 Å². The monoisotopic (exact) mass is 247 g/mol. The van der Waals surface area contributed by atoms with Crippen molar-refractivity contribution in [2.24, 2.45) is 0 Å². The fraction of sp³-hybridized carbons (Fsp3) is 0. The van der Waals surface area contributed by atoms with Gasteiger partial charge in [-0.3, -0.25) is 0 Å². The Morgan fingerprint density at radius 1 is 1.18 bits per heavy atom. The number of carbonyl (C=O) groups is 1. The lowest BCUT2D eigenvalue weighted by Crippen LogP contribution is -1.98. The number of rotatable bonds is 2. The number of aromatic carboxylic acids is 1. The van der Waals surface area contributed by atoms with E-state index in [2.05, 4.69) is 0 Å². The number of para-hydroxylation sites is 1. The minimum absolute atomic E-state index is 0.0267. The Morgan fingerprint density at radius 3 is 2.47 bits per heavy atom. The van der Waals surface area contributed by atoms with Gasteiger partial charge in [0.1, 0.15) is 0 Å². The average molecular weight is 248 g/mol. The lowest BCUT2D eigenvalue weighted by atomic mass is 10.0. The Bertz CT molecular complexity index is 579. The first-order valence-electron chi connectivity index (χ1n) is 4.89. The van der Waals surface area contributed by atoms with Gasteiger partial charge in [0.05, 0.1) is 10.6 Å². The quantitative estimate of drug-likeness (QED) is 0.888. The van der Waals surface area contributed by atoms with Crippen LogP contribution in [0.1, 0.15) is 10.4 Å².